The van der Waals surface area contributed by atoms with Gasteiger partial charge in [-0.15, -0.1) is 0 Å². The van der Waals surface area contributed by atoms with Gasteiger partial charge in [0.2, 0.25) is 0 Å². The topological polar surface area (TPSA) is 69.4 Å². The van der Waals surface area contributed by atoms with Crippen molar-refractivity contribution in [2.24, 2.45) is 0 Å². The van der Waals surface area contributed by atoms with Gasteiger partial charge in [0.1, 0.15) is 12.4 Å². The molecule has 106 valence electrons. The minimum absolute atomic E-state index is 0.249. The molecular formula is C15H17NO3S. The number of nitrogens with two attached hydrogens (primary N) is 1. The van der Waals surface area contributed by atoms with Crippen molar-refractivity contribution in [3.05, 3.63) is 53.6 Å². The van der Waals surface area contributed by atoms with Crippen LogP contribution in [0.25, 0.3) is 0 Å². The van der Waals surface area contributed by atoms with Crippen molar-refractivity contribution in [3.8, 4) is 5.75 Å². The van der Waals surface area contributed by atoms with Crippen LogP contribution in [0.2, 0.25) is 0 Å². The molecule has 0 fully saturated rings. The summed E-state index contributed by atoms with van der Waals surface area (Å²) in [5, 5.41) is 0. The zero-order chi connectivity index (χ0) is 14.8. The van der Waals surface area contributed by atoms with Crippen molar-refractivity contribution < 1.29 is 13.2 Å². The fourth-order valence-electron chi connectivity index (χ4n) is 1.82. The van der Waals surface area contributed by atoms with Crippen LogP contribution in [-0.2, 0) is 16.4 Å². The van der Waals surface area contributed by atoms with E-state index < -0.39 is 9.84 Å². The van der Waals surface area contributed by atoms with Crippen molar-refractivity contribution in [1.29, 1.82) is 0 Å². The second-order valence-corrected chi connectivity index (χ2v) is 6.68. The summed E-state index contributed by atoms with van der Waals surface area (Å²) in [6.07, 6.45) is 1.17. The van der Waals surface area contributed by atoms with Crippen LogP contribution in [0.3, 0.4) is 0 Å². The smallest absolute Gasteiger partial charge is 0.175 e. The normalized spacial score (nSPS) is 11.3. The Balaban J connectivity index is 2.18. The molecule has 0 aromatic heterocycles. The first-order valence-electron chi connectivity index (χ1n) is 6.15. The molecule has 0 aliphatic carbocycles. The van der Waals surface area contributed by atoms with Gasteiger partial charge >= 0.3 is 0 Å². The van der Waals surface area contributed by atoms with Crippen molar-refractivity contribution in [2.45, 2.75) is 18.4 Å². The fourth-order valence-corrected chi connectivity index (χ4v) is 2.47. The van der Waals surface area contributed by atoms with Gasteiger partial charge in [0.15, 0.2) is 9.84 Å². The summed E-state index contributed by atoms with van der Waals surface area (Å²) in [7, 11) is -3.22. The third-order valence-corrected chi connectivity index (χ3v) is 4.23. The summed E-state index contributed by atoms with van der Waals surface area (Å²) < 4.78 is 28.6. The molecule has 2 aromatic carbocycles. The van der Waals surface area contributed by atoms with Crippen LogP contribution in [0, 0.1) is 6.92 Å². The van der Waals surface area contributed by atoms with Gasteiger partial charge in [-0.1, -0.05) is 18.2 Å². The van der Waals surface area contributed by atoms with Gasteiger partial charge in [-0.2, -0.15) is 0 Å². The van der Waals surface area contributed by atoms with E-state index in [1.54, 1.807) is 18.2 Å². The second kappa shape index (κ2) is 5.54. The SMILES string of the molecule is Cc1c(N)cccc1COc1cccc(S(C)(=O)=O)c1. The molecular weight excluding hydrogens is 274 g/mol. The second-order valence-electron chi connectivity index (χ2n) is 4.67. The van der Waals surface area contributed by atoms with Crippen LogP contribution in [0.15, 0.2) is 47.4 Å². The molecule has 2 aromatic rings. The lowest BCUT2D eigenvalue weighted by Crippen LogP contribution is -2.02. The van der Waals surface area contributed by atoms with Crippen LogP contribution >= 0.6 is 0 Å². The van der Waals surface area contributed by atoms with Crippen molar-refractivity contribution in [1.82, 2.24) is 0 Å². The Morgan fingerprint density at radius 1 is 1.15 bits per heavy atom. The number of anilines is 1. The molecule has 0 unspecified atom stereocenters. The Kier molecular flexibility index (Phi) is 3.99. The van der Waals surface area contributed by atoms with Crippen LogP contribution in [0.1, 0.15) is 11.1 Å². The molecule has 0 radical (unpaired) electrons. The van der Waals surface area contributed by atoms with Crippen LogP contribution in [0.5, 0.6) is 5.75 Å². The van der Waals surface area contributed by atoms with E-state index in [9.17, 15) is 8.42 Å². The molecule has 2 N–H and O–H groups in total. The largest absolute Gasteiger partial charge is 0.489 e. The van der Waals surface area contributed by atoms with E-state index in [-0.39, 0.29) is 4.90 Å². The molecule has 0 spiro atoms. The molecule has 2 rings (SSSR count). The standard InChI is InChI=1S/C15H17NO3S/c1-11-12(5-3-8-15(11)16)10-19-13-6-4-7-14(9-13)20(2,17)18/h3-9H,10,16H2,1-2H3. The van der Waals surface area contributed by atoms with Gasteiger partial charge in [-0.25, -0.2) is 8.42 Å². The first kappa shape index (κ1) is 14.4. The zero-order valence-electron chi connectivity index (χ0n) is 11.5. The molecule has 0 bridgehead atoms. The molecule has 20 heavy (non-hydrogen) atoms. The average Bonchev–Trinajstić information content (AvgIpc) is 2.40. The Morgan fingerprint density at radius 2 is 1.85 bits per heavy atom. The molecule has 0 atom stereocenters. The van der Waals surface area contributed by atoms with Gasteiger partial charge in [0.25, 0.3) is 0 Å². The Hall–Kier alpha value is -2.01. The Bertz CT molecular complexity index is 724. The van der Waals surface area contributed by atoms with Gasteiger partial charge < -0.3 is 10.5 Å². The molecule has 0 heterocycles. The average molecular weight is 291 g/mol. The highest BCUT2D eigenvalue weighted by Gasteiger charge is 2.08. The van der Waals surface area contributed by atoms with E-state index in [1.165, 1.54) is 12.3 Å². The maximum absolute atomic E-state index is 11.5. The number of hydrogen-bond acceptors (Lipinski definition) is 4. The summed E-state index contributed by atoms with van der Waals surface area (Å²) >= 11 is 0. The molecule has 0 aliphatic rings. The van der Waals surface area contributed by atoms with Crippen LogP contribution in [0.4, 0.5) is 5.69 Å². The fraction of sp³-hybridized carbons (Fsp3) is 0.200. The zero-order valence-corrected chi connectivity index (χ0v) is 12.3. The molecule has 5 heteroatoms. The van der Waals surface area contributed by atoms with E-state index in [0.29, 0.717) is 12.4 Å². The third-order valence-electron chi connectivity index (χ3n) is 3.12. The minimum Gasteiger partial charge on any atom is -0.489 e. The van der Waals surface area contributed by atoms with Gasteiger partial charge in [0.05, 0.1) is 4.90 Å². The van der Waals surface area contributed by atoms with Gasteiger partial charge in [0, 0.05) is 11.9 Å². The quantitative estimate of drug-likeness (QED) is 0.879. The van der Waals surface area contributed by atoms with E-state index in [1.807, 2.05) is 25.1 Å². The van der Waals surface area contributed by atoms with E-state index in [2.05, 4.69) is 0 Å². The highest BCUT2D eigenvalue weighted by molar-refractivity contribution is 7.90. The number of sulfone groups is 1. The molecule has 0 amide bonds. The summed E-state index contributed by atoms with van der Waals surface area (Å²) in [6.45, 7) is 2.28. The van der Waals surface area contributed by atoms with Crippen molar-refractivity contribution >= 4 is 15.5 Å². The van der Waals surface area contributed by atoms with Crippen LogP contribution in [-0.4, -0.2) is 14.7 Å². The number of hydrogen-bond donors (Lipinski definition) is 1. The van der Waals surface area contributed by atoms with Gasteiger partial charge in [-0.3, -0.25) is 0 Å². The monoisotopic (exact) mass is 291 g/mol. The summed E-state index contributed by atoms with van der Waals surface area (Å²) in [6, 6.07) is 12.1. The first-order chi connectivity index (χ1) is 9.38. The predicted molar refractivity (Wildman–Crippen MR) is 79.5 cm³/mol. The molecule has 4 nitrogen and oxygen atoms in total. The van der Waals surface area contributed by atoms with Crippen LogP contribution < -0.4 is 10.5 Å². The molecule has 0 aliphatic heterocycles. The van der Waals surface area contributed by atoms with E-state index in [4.69, 9.17) is 10.5 Å². The highest BCUT2D eigenvalue weighted by Crippen LogP contribution is 2.21. The Morgan fingerprint density at radius 3 is 2.55 bits per heavy atom. The van der Waals surface area contributed by atoms with E-state index in [0.717, 1.165) is 16.8 Å². The number of ether oxygens (including phenoxy) is 1. The lowest BCUT2D eigenvalue weighted by Gasteiger charge is -2.11. The van der Waals surface area contributed by atoms with Crippen molar-refractivity contribution in [2.75, 3.05) is 12.0 Å². The minimum atomic E-state index is -3.22. The Labute approximate surface area is 119 Å². The summed E-state index contributed by atoms with van der Waals surface area (Å²) in [4.78, 5) is 0.249. The molecule has 0 saturated heterocycles. The van der Waals surface area contributed by atoms with E-state index >= 15 is 0 Å². The lowest BCUT2D eigenvalue weighted by molar-refractivity contribution is 0.304. The summed E-state index contributed by atoms with van der Waals surface area (Å²) in [5.74, 6) is 0.523. The first-order valence-corrected chi connectivity index (χ1v) is 8.04. The number of benzene rings is 2. The van der Waals surface area contributed by atoms with Gasteiger partial charge in [-0.05, 0) is 42.3 Å². The maximum Gasteiger partial charge on any atom is 0.175 e. The lowest BCUT2D eigenvalue weighted by atomic mass is 10.1. The highest BCUT2D eigenvalue weighted by atomic mass is 32.2. The molecule has 0 saturated carbocycles. The number of rotatable bonds is 4. The number of nitrogen functional groups attached to an aromatic ring is 1. The summed E-state index contributed by atoms with van der Waals surface area (Å²) in [5.41, 5.74) is 8.51. The van der Waals surface area contributed by atoms with Crippen molar-refractivity contribution in [3.63, 3.8) is 0 Å². The third kappa shape index (κ3) is 3.30. The maximum atomic E-state index is 11.5. The predicted octanol–water partition coefficient (Wildman–Crippen LogP) is 2.56.